The fourth-order valence-electron chi connectivity index (χ4n) is 2.23. The van der Waals surface area contributed by atoms with Gasteiger partial charge in [0.1, 0.15) is 0 Å². The maximum Gasteiger partial charge on any atom is 0.330 e. The van der Waals surface area contributed by atoms with Crippen molar-refractivity contribution in [3.05, 3.63) is 12.7 Å². The summed E-state index contributed by atoms with van der Waals surface area (Å²) in [6.45, 7) is 5.45. The van der Waals surface area contributed by atoms with E-state index in [1.54, 1.807) is 0 Å². The number of unbranched alkanes of at least 4 members (excludes halogenated alkanes) is 7. The van der Waals surface area contributed by atoms with Crippen LogP contribution in [0.15, 0.2) is 12.7 Å². The number of hydrogen-bond donors (Lipinski definition) is 0. The smallest absolute Gasteiger partial charge is 0.330 e. The summed E-state index contributed by atoms with van der Waals surface area (Å²) in [5.41, 5.74) is 0. The Kier molecular flexibility index (Phi) is 12.5. The Balaban J connectivity index is 3.26. The second-order valence-corrected chi connectivity index (χ2v) is 14.1. The van der Waals surface area contributed by atoms with Crippen LogP contribution in [0, 0.1) is 0 Å². The molecule has 0 N–H and O–H groups in total. The third-order valence-corrected chi connectivity index (χ3v) is 5.83. The van der Waals surface area contributed by atoms with Crippen molar-refractivity contribution in [2.75, 3.05) is 0 Å². The molecular formula is C16H30Cl2O2Si. The van der Waals surface area contributed by atoms with Crippen LogP contribution in [0.3, 0.4) is 0 Å². The number of halogens is 2. The van der Waals surface area contributed by atoms with Gasteiger partial charge in [0.25, 0.3) is 0 Å². The van der Waals surface area contributed by atoms with E-state index in [0.717, 1.165) is 18.9 Å². The molecule has 5 heteroatoms. The highest BCUT2D eigenvalue weighted by Gasteiger charge is 2.19. The van der Waals surface area contributed by atoms with Gasteiger partial charge in [-0.2, -0.15) is 0 Å². The zero-order chi connectivity index (χ0) is 16.1. The maximum atomic E-state index is 11.0. The quantitative estimate of drug-likeness (QED) is 0.130. The zero-order valence-corrected chi connectivity index (χ0v) is 16.0. The molecule has 0 aliphatic rings. The average Bonchev–Trinajstić information content (AvgIpc) is 2.39. The summed E-state index contributed by atoms with van der Waals surface area (Å²) in [6, 6.07) is 1.01. The third-order valence-electron chi connectivity index (χ3n) is 3.46. The summed E-state index contributed by atoms with van der Waals surface area (Å²) in [4.78, 5) is 11.0. The van der Waals surface area contributed by atoms with Gasteiger partial charge in [0.15, 0.2) is 0 Å². The highest BCUT2D eigenvalue weighted by Crippen LogP contribution is 2.23. The Morgan fingerprint density at radius 2 is 1.57 bits per heavy atom. The molecule has 0 aromatic rings. The number of hydrogen-bond acceptors (Lipinski definition) is 2. The van der Waals surface area contributed by atoms with Gasteiger partial charge in [-0.1, -0.05) is 51.5 Å². The molecule has 0 saturated carbocycles. The summed E-state index contributed by atoms with van der Waals surface area (Å²) >= 11 is 12.1. The van der Waals surface area contributed by atoms with Crippen LogP contribution in [-0.4, -0.2) is 18.8 Å². The van der Waals surface area contributed by atoms with Crippen molar-refractivity contribution in [1.29, 1.82) is 0 Å². The molecule has 0 aromatic heterocycles. The Bertz CT molecular complexity index is 290. The highest BCUT2D eigenvalue weighted by molar-refractivity contribution is 7.44. The second-order valence-electron chi connectivity index (χ2n) is 5.89. The van der Waals surface area contributed by atoms with E-state index in [-0.39, 0.29) is 12.1 Å². The predicted octanol–water partition coefficient (Wildman–Crippen LogP) is 6.16. The van der Waals surface area contributed by atoms with Crippen molar-refractivity contribution < 1.29 is 9.53 Å². The van der Waals surface area contributed by atoms with Crippen molar-refractivity contribution in [3.8, 4) is 0 Å². The van der Waals surface area contributed by atoms with E-state index in [1.807, 2.05) is 13.5 Å². The topological polar surface area (TPSA) is 26.3 Å². The largest absolute Gasteiger partial charge is 0.460 e. The number of esters is 1. The van der Waals surface area contributed by atoms with Crippen LogP contribution >= 0.6 is 22.2 Å². The standard InChI is InChI=1S/C16H30Cl2O2Si/c1-4-16(19)20-15(2)13-11-9-7-5-6-8-10-12-14-21(3,17)18/h4,15H,1,5-14H2,2-3H3. The zero-order valence-electron chi connectivity index (χ0n) is 13.5. The van der Waals surface area contributed by atoms with Gasteiger partial charge in [0.05, 0.1) is 6.10 Å². The number of carbonyl (C=O) groups is 1. The second kappa shape index (κ2) is 12.5. The minimum atomic E-state index is -1.87. The molecule has 124 valence electrons. The lowest BCUT2D eigenvalue weighted by Gasteiger charge is -2.11. The first-order valence-corrected chi connectivity index (χ1v) is 12.8. The molecule has 0 spiro atoms. The first kappa shape index (κ1) is 21.0. The Morgan fingerprint density at radius 1 is 1.10 bits per heavy atom. The van der Waals surface area contributed by atoms with E-state index in [0.29, 0.717) is 0 Å². The Morgan fingerprint density at radius 3 is 2.05 bits per heavy atom. The van der Waals surface area contributed by atoms with Gasteiger partial charge in [0, 0.05) is 6.08 Å². The molecule has 1 unspecified atom stereocenters. The first-order chi connectivity index (χ1) is 9.85. The summed E-state index contributed by atoms with van der Waals surface area (Å²) in [5.74, 6) is -0.324. The van der Waals surface area contributed by atoms with E-state index < -0.39 is 6.69 Å². The number of carbonyl (C=O) groups excluding carboxylic acids is 1. The van der Waals surface area contributed by atoms with Crippen molar-refractivity contribution >= 4 is 34.8 Å². The lowest BCUT2D eigenvalue weighted by atomic mass is 10.1. The maximum absolute atomic E-state index is 11.0. The fourth-order valence-corrected chi connectivity index (χ4v) is 3.91. The van der Waals surface area contributed by atoms with Gasteiger partial charge < -0.3 is 4.74 Å². The molecule has 0 rings (SSSR count). The van der Waals surface area contributed by atoms with Crippen LogP contribution in [0.25, 0.3) is 0 Å². The molecule has 0 heterocycles. The summed E-state index contributed by atoms with van der Waals surface area (Å²) in [7, 11) is 0. The Hall–Kier alpha value is 0.00688. The normalized spacial score (nSPS) is 13.0. The fraction of sp³-hybridized carbons (Fsp3) is 0.812. The lowest BCUT2D eigenvalue weighted by Crippen LogP contribution is -2.12. The van der Waals surface area contributed by atoms with Gasteiger partial charge >= 0.3 is 5.97 Å². The molecule has 0 saturated heterocycles. The number of ether oxygens (including phenoxy) is 1. The molecule has 1 atom stereocenters. The monoisotopic (exact) mass is 352 g/mol. The summed E-state index contributed by atoms with van der Waals surface area (Å²) in [5, 5.41) is 0. The van der Waals surface area contributed by atoms with Crippen LogP contribution in [0.2, 0.25) is 12.6 Å². The third kappa shape index (κ3) is 16.2. The average molecular weight is 353 g/mol. The van der Waals surface area contributed by atoms with E-state index in [9.17, 15) is 4.79 Å². The predicted molar refractivity (Wildman–Crippen MR) is 95.4 cm³/mol. The molecule has 0 aromatic carbocycles. The van der Waals surface area contributed by atoms with E-state index >= 15 is 0 Å². The van der Waals surface area contributed by atoms with Crippen molar-refractivity contribution in [2.24, 2.45) is 0 Å². The minimum absolute atomic E-state index is 0.0000764. The molecule has 21 heavy (non-hydrogen) atoms. The van der Waals surface area contributed by atoms with Crippen LogP contribution in [-0.2, 0) is 9.53 Å². The molecule has 2 nitrogen and oxygen atoms in total. The van der Waals surface area contributed by atoms with Crippen LogP contribution in [0.1, 0.15) is 64.7 Å². The van der Waals surface area contributed by atoms with Crippen LogP contribution in [0.4, 0.5) is 0 Å². The molecule has 0 aliphatic carbocycles. The lowest BCUT2D eigenvalue weighted by molar-refractivity contribution is -0.142. The van der Waals surface area contributed by atoms with Crippen molar-refractivity contribution in [3.63, 3.8) is 0 Å². The SMILES string of the molecule is C=CC(=O)OC(C)CCCCCCCCCC[Si](C)(Cl)Cl. The van der Waals surface area contributed by atoms with E-state index in [4.69, 9.17) is 26.9 Å². The van der Waals surface area contributed by atoms with Crippen molar-refractivity contribution in [2.45, 2.75) is 83.4 Å². The van der Waals surface area contributed by atoms with Gasteiger partial charge in [-0.15, -0.1) is 22.2 Å². The molecule has 0 aliphatic heterocycles. The first-order valence-electron chi connectivity index (χ1n) is 8.06. The molecule has 0 radical (unpaired) electrons. The van der Waals surface area contributed by atoms with Crippen molar-refractivity contribution in [1.82, 2.24) is 0 Å². The molecular weight excluding hydrogens is 323 g/mol. The summed E-state index contributed by atoms with van der Waals surface area (Å²) < 4.78 is 5.12. The molecule has 0 fully saturated rings. The van der Waals surface area contributed by atoms with Gasteiger partial charge in [-0.3, -0.25) is 0 Å². The molecule has 0 amide bonds. The van der Waals surface area contributed by atoms with Gasteiger partial charge in [-0.05, 0) is 32.4 Å². The van der Waals surface area contributed by atoms with Gasteiger partial charge in [0.2, 0.25) is 6.69 Å². The van der Waals surface area contributed by atoms with E-state index in [1.165, 1.54) is 51.0 Å². The van der Waals surface area contributed by atoms with E-state index in [2.05, 4.69) is 6.58 Å². The highest BCUT2D eigenvalue weighted by atomic mass is 35.7. The Labute approximate surface area is 140 Å². The number of rotatable bonds is 13. The molecule has 0 bridgehead atoms. The van der Waals surface area contributed by atoms with Gasteiger partial charge in [-0.25, -0.2) is 4.79 Å². The summed E-state index contributed by atoms with van der Waals surface area (Å²) in [6.07, 6.45) is 12.0. The van der Waals surface area contributed by atoms with Crippen LogP contribution in [0.5, 0.6) is 0 Å². The minimum Gasteiger partial charge on any atom is -0.460 e. The van der Waals surface area contributed by atoms with Crippen LogP contribution < -0.4 is 0 Å².